The van der Waals surface area contributed by atoms with E-state index >= 15 is 0 Å². The molecular weight excluding hydrogens is 765 g/mol. The summed E-state index contributed by atoms with van der Waals surface area (Å²) in [6.07, 6.45) is 6.32. The smallest absolute Gasteiger partial charge is 0.407 e. The first kappa shape index (κ1) is 42.0. The number of carbonyl (C=O) groups is 4. The molecular formula is C45H54N8O7. The fraction of sp³-hybridized carbons (Fsp3) is 0.467. The second kappa shape index (κ2) is 18.4. The molecule has 15 heteroatoms. The Balaban J connectivity index is 0.991. The van der Waals surface area contributed by atoms with Crippen molar-refractivity contribution in [1.82, 2.24) is 40.4 Å². The van der Waals surface area contributed by atoms with Crippen LogP contribution in [0.25, 0.3) is 22.5 Å². The van der Waals surface area contributed by atoms with Gasteiger partial charge in [-0.25, -0.2) is 19.6 Å². The van der Waals surface area contributed by atoms with Crippen molar-refractivity contribution in [3.8, 4) is 34.4 Å². The summed E-state index contributed by atoms with van der Waals surface area (Å²) in [5, 5.41) is 14.6. The lowest BCUT2D eigenvalue weighted by molar-refractivity contribution is -0.139. The van der Waals surface area contributed by atoms with Crippen LogP contribution in [-0.4, -0.2) is 103 Å². The van der Waals surface area contributed by atoms with Crippen LogP contribution in [-0.2, 0) is 19.1 Å². The van der Waals surface area contributed by atoms with Crippen molar-refractivity contribution in [3.63, 3.8) is 0 Å². The van der Waals surface area contributed by atoms with Crippen LogP contribution in [0.1, 0.15) is 101 Å². The SMILES string of the molecule is COC(=O)N[C@H](C(=O)N1[C@@H](C)CC[C@H]1c1nc(-c2ccc(C#Cc3ccc(-c4c[nH]c([C@@H]5CC[C@H](C)N5C(=O)[C@@H](NC(=O)O)C(C)C)n4)cc3)cc2)c[nH]1)C1CCOCC1. The summed E-state index contributed by atoms with van der Waals surface area (Å²) in [4.78, 5) is 71.4. The fourth-order valence-corrected chi connectivity index (χ4v) is 8.73. The quantitative estimate of drug-likeness (QED) is 0.112. The summed E-state index contributed by atoms with van der Waals surface area (Å²) in [5.74, 6) is 7.26. The van der Waals surface area contributed by atoms with Gasteiger partial charge in [-0.3, -0.25) is 9.59 Å². The highest BCUT2D eigenvalue weighted by Crippen LogP contribution is 2.38. The Bertz CT molecular complexity index is 2220. The van der Waals surface area contributed by atoms with E-state index in [4.69, 9.17) is 19.4 Å². The highest BCUT2D eigenvalue weighted by Gasteiger charge is 2.44. The Morgan fingerprint density at radius 3 is 1.68 bits per heavy atom. The lowest BCUT2D eigenvalue weighted by Crippen LogP contribution is -2.54. The van der Waals surface area contributed by atoms with Gasteiger partial charge in [0.2, 0.25) is 11.8 Å². The van der Waals surface area contributed by atoms with E-state index in [1.165, 1.54) is 7.11 Å². The molecule has 0 aliphatic carbocycles. The summed E-state index contributed by atoms with van der Waals surface area (Å²) in [7, 11) is 1.30. The van der Waals surface area contributed by atoms with E-state index in [0.29, 0.717) is 37.7 Å². The van der Waals surface area contributed by atoms with Gasteiger partial charge in [0, 0.05) is 59.9 Å². The number of nitrogens with one attached hydrogen (secondary N) is 4. The minimum Gasteiger partial charge on any atom is -0.465 e. The minimum atomic E-state index is -1.22. The van der Waals surface area contributed by atoms with E-state index in [-0.39, 0.29) is 47.8 Å². The van der Waals surface area contributed by atoms with Gasteiger partial charge in [0.25, 0.3) is 0 Å². The Morgan fingerprint density at radius 1 is 0.750 bits per heavy atom. The Hall–Kier alpha value is -6.14. The van der Waals surface area contributed by atoms with Crippen molar-refractivity contribution in [3.05, 3.63) is 83.7 Å². The number of carbonyl (C=O) groups excluding carboxylic acids is 3. The van der Waals surface area contributed by atoms with Crippen molar-refractivity contribution < 1.29 is 33.8 Å². The zero-order chi connectivity index (χ0) is 42.5. The topological polar surface area (TPSA) is 195 Å². The minimum absolute atomic E-state index is 0.0180. The van der Waals surface area contributed by atoms with E-state index in [9.17, 15) is 24.3 Å². The number of aromatic nitrogens is 4. The standard InChI is InChI=1S/C45H54N8O7/c1-26(2)38(50-44(56)57)42(54)52-27(3)6-18-36(52)40-46-24-34(48-40)31-14-10-29(11-15-31)8-9-30-12-16-32(17-13-30)35-25-47-41(49-35)37-19-7-28(4)53(37)43(55)39(51-45(58)59-5)33-20-22-60-23-21-33/h10-17,24-28,33,36-39,50H,6-7,18-23H2,1-5H3,(H,46,48)(H,47,49)(H,51,58)(H,56,57)/t27-,28-,36-,37-,38-,39-/m0/s1. The molecule has 0 spiro atoms. The van der Waals surface area contributed by atoms with Gasteiger partial charge >= 0.3 is 12.2 Å². The van der Waals surface area contributed by atoms with Crippen molar-refractivity contribution in [2.75, 3.05) is 20.3 Å². The highest BCUT2D eigenvalue weighted by atomic mass is 16.5. The third kappa shape index (κ3) is 9.18. The molecule has 5 heterocycles. The Labute approximate surface area is 350 Å². The Kier molecular flexibility index (Phi) is 12.9. The van der Waals surface area contributed by atoms with Gasteiger partial charge < -0.3 is 45.0 Å². The first-order valence-corrected chi connectivity index (χ1v) is 20.8. The maximum Gasteiger partial charge on any atom is 0.407 e. The maximum absolute atomic E-state index is 14.1. The lowest BCUT2D eigenvalue weighted by atomic mass is 9.90. The molecule has 2 aromatic carbocycles. The third-order valence-corrected chi connectivity index (χ3v) is 12.1. The second-order valence-corrected chi connectivity index (χ2v) is 16.4. The number of rotatable bonds is 10. The largest absolute Gasteiger partial charge is 0.465 e. The van der Waals surface area contributed by atoms with Crippen LogP contribution >= 0.6 is 0 Å². The number of likely N-dealkylation sites (tertiary alicyclic amines) is 2. The number of hydrogen-bond donors (Lipinski definition) is 5. The average molecular weight is 819 g/mol. The number of aromatic amines is 2. The number of hydrogen-bond acceptors (Lipinski definition) is 8. The molecule has 0 radical (unpaired) electrons. The van der Waals surface area contributed by atoms with Crippen molar-refractivity contribution in [2.24, 2.45) is 11.8 Å². The Morgan fingerprint density at radius 2 is 1.23 bits per heavy atom. The molecule has 15 nitrogen and oxygen atoms in total. The van der Waals surface area contributed by atoms with E-state index < -0.39 is 24.3 Å². The predicted octanol–water partition coefficient (Wildman–Crippen LogP) is 6.41. The van der Waals surface area contributed by atoms with Crippen LogP contribution in [0.4, 0.5) is 9.59 Å². The number of amides is 4. The lowest BCUT2D eigenvalue weighted by Gasteiger charge is -2.36. The number of methoxy groups -OCH3 is 1. The van der Waals surface area contributed by atoms with E-state index in [0.717, 1.165) is 59.3 Å². The molecule has 5 N–H and O–H groups in total. The van der Waals surface area contributed by atoms with Crippen molar-refractivity contribution in [1.29, 1.82) is 0 Å². The fourth-order valence-electron chi connectivity index (χ4n) is 8.73. The molecule has 316 valence electrons. The molecule has 3 saturated heterocycles. The first-order chi connectivity index (χ1) is 28.9. The van der Waals surface area contributed by atoms with Gasteiger partial charge in [-0.05, 0) is 88.5 Å². The average Bonchev–Trinajstić information content (AvgIpc) is 4.08. The second-order valence-electron chi connectivity index (χ2n) is 16.4. The van der Waals surface area contributed by atoms with Crippen LogP contribution in [0.15, 0.2) is 60.9 Å². The third-order valence-electron chi connectivity index (χ3n) is 12.1. The summed E-state index contributed by atoms with van der Waals surface area (Å²) >= 11 is 0. The van der Waals surface area contributed by atoms with Crippen LogP contribution in [0.3, 0.4) is 0 Å². The highest BCUT2D eigenvalue weighted by molar-refractivity contribution is 5.87. The van der Waals surface area contributed by atoms with Gasteiger partial charge in [0.05, 0.1) is 30.6 Å². The van der Waals surface area contributed by atoms with E-state index in [1.807, 2.05) is 93.5 Å². The van der Waals surface area contributed by atoms with E-state index in [1.54, 1.807) is 4.90 Å². The first-order valence-electron chi connectivity index (χ1n) is 20.8. The molecule has 0 saturated carbocycles. The predicted molar refractivity (Wildman–Crippen MR) is 223 cm³/mol. The number of imidazole rings is 2. The molecule has 2 aromatic heterocycles. The zero-order valence-electron chi connectivity index (χ0n) is 34.7. The summed E-state index contributed by atoms with van der Waals surface area (Å²) in [6, 6.07) is 13.6. The van der Waals surface area contributed by atoms with Crippen molar-refractivity contribution >= 4 is 24.0 Å². The number of benzene rings is 2. The molecule has 4 aromatic rings. The zero-order valence-corrected chi connectivity index (χ0v) is 34.7. The van der Waals surface area contributed by atoms with Gasteiger partial charge in [0.1, 0.15) is 23.7 Å². The van der Waals surface area contributed by atoms with Crippen molar-refractivity contribution in [2.45, 2.75) is 102 Å². The van der Waals surface area contributed by atoms with Crippen LogP contribution < -0.4 is 10.6 Å². The van der Waals surface area contributed by atoms with Crippen LogP contribution in [0, 0.1) is 23.7 Å². The molecule has 0 unspecified atom stereocenters. The molecule has 3 aliphatic heterocycles. The number of carboxylic acid groups (broad SMARTS) is 1. The van der Waals surface area contributed by atoms with Gasteiger partial charge in [-0.15, -0.1) is 0 Å². The summed E-state index contributed by atoms with van der Waals surface area (Å²) in [5.41, 5.74) is 5.01. The van der Waals surface area contributed by atoms with Crippen LogP contribution in [0.2, 0.25) is 0 Å². The normalized spacial score (nSPS) is 21.6. The molecule has 6 atom stereocenters. The van der Waals surface area contributed by atoms with Gasteiger partial charge in [-0.1, -0.05) is 50.0 Å². The number of nitrogens with zero attached hydrogens (tertiary/aromatic N) is 4. The molecule has 3 fully saturated rings. The molecule has 60 heavy (non-hydrogen) atoms. The molecule has 0 bridgehead atoms. The molecule has 4 amide bonds. The van der Waals surface area contributed by atoms with E-state index in [2.05, 4.69) is 32.4 Å². The van der Waals surface area contributed by atoms with Gasteiger partial charge in [-0.2, -0.15) is 0 Å². The summed E-state index contributed by atoms with van der Waals surface area (Å²) < 4.78 is 10.4. The molecule has 3 aliphatic rings. The number of ether oxygens (including phenoxy) is 2. The van der Waals surface area contributed by atoms with Crippen LogP contribution in [0.5, 0.6) is 0 Å². The summed E-state index contributed by atoms with van der Waals surface area (Å²) in [6.45, 7) is 8.78. The maximum atomic E-state index is 14.1. The monoisotopic (exact) mass is 818 g/mol. The van der Waals surface area contributed by atoms with Gasteiger partial charge in [0.15, 0.2) is 0 Å². The number of H-pyrrole nitrogens is 2. The molecule has 7 rings (SSSR count). The number of alkyl carbamates (subject to hydrolysis) is 1.